The standard InChI is InChI=1S/C19H17N3O4S/c1-21-17-14(16(23)22(19(21)25)10-6-5-9-20)11-15(27-17)18(24)26-12-13-7-3-2-4-8-13/h2-4,7-8,11H,5-6,10,12H2,1H3. The number of ether oxygens (including phenoxy) is 1. The number of hydrogen-bond donors (Lipinski definition) is 0. The van der Waals surface area contributed by atoms with E-state index in [-0.39, 0.29) is 24.4 Å². The van der Waals surface area contributed by atoms with Gasteiger partial charge in [-0.05, 0) is 18.1 Å². The van der Waals surface area contributed by atoms with Crippen molar-refractivity contribution in [2.24, 2.45) is 7.05 Å². The number of esters is 1. The summed E-state index contributed by atoms with van der Waals surface area (Å²) in [7, 11) is 1.56. The molecule has 8 heteroatoms. The summed E-state index contributed by atoms with van der Waals surface area (Å²) >= 11 is 1.06. The van der Waals surface area contributed by atoms with Crippen molar-refractivity contribution >= 4 is 27.5 Å². The summed E-state index contributed by atoms with van der Waals surface area (Å²) in [4.78, 5) is 38.1. The zero-order valence-electron chi connectivity index (χ0n) is 14.7. The Morgan fingerprint density at radius 3 is 2.70 bits per heavy atom. The Balaban J connectivity index is 1.90. The SMILES string of the molecule is Cn1c(=O)n(CCCC#N)c(=O)c2cc(C(=O)OCc3ccccc3)sc21. The minimum Gasteiger partial charge on any atom is -0.457 e. The molecule has 0 atom stereocenters. The number of aryl methyl sites for hydroxylation is 1. The van der Waals surface area contributed by atoms with Crippen LogP contribution in [0.25, 0.3) is 10.2 Å². The highest BCUT2D eigenvalue weighted by Crippen LogP contribution is 2.23. The molecule has 2 heterocycles. The van der Waals surface area contributed by atoms with Gasteiger partial charge in [-0.25, -0.2) is 9.59 Å². The van der Waals surface area contributed by atoms with Gasteiger partial charge in [0.05, 0.1) is 11.5 Å². The van der Waals surface area contributed by atoms with Crippen LogP contribution in [0, 0.1) is 11.3 Å². The number of unbranched alkanes of at least 4 members (excludes halogenated alkanes) is 1. The third kappa shape index (κ3) is 3.83. The molecule has 0 radical (unpaired) electrons. The first-order valence-corrected chi connectivity index (χ1v) is 9.16. The molecule has 7 nitrogen and oxygen atoms in total. The second kappa shape index (κ2) is 8.01. The molecule has 3 aromatic rings. The summed E-state index contributed by atoms with van der Waals surface area (Å²) in [5.74, 6) is -0.539. The molecule has 0 amide bonds. The molecular weight excluding hydrogens is 366 g/mol. The number of benzene rings is 1. The van der Waals surface area contributed by atoms with Gasteiger partial charge < -0.3 is 4.74 Å². The van der Waals surface area contributed by atoms with Gasteiger partial charge in [-0.3, -0.25) is 13.9 Å². The maximum absolute atomic E-state index is 12.6. The number of carbonyl (C=O) groups excluding carboxylic acids is 1. The first-order chi connectivity index (χ1) is 13.0. The Bertz CT molecular complexity index is 1140. The number of nitrogens with zero attached hydrogens (tertiary/aromatic N) is 3. The molecule has 138 valence electrons. The molecular formula is C19H17N3O4S. The Morgan fingerprint density at radius 2 is 2.00 bits per heavy atom. The van der Waals surface area contributed by atoms with Gasteiger partial charge in [-0.2, -0.15) is 5.26 Å². The second-order valence-electron chi connectivity index (χ2n) is 5.95. The van der Waals surface area contributed by atoms with Crippen LogP contribution in [0.5, 0.6) is 0 Å². The molecule has 0 N–H and O–H groups in total. The molecule has 0 aliphatic carbocycles. The van der Waals surface area contributed by atoms with Gasteiger partial charge in [0.25, 0.3) is 5.56 Å². The quantitative estimate of drug-likeness (QED) is 0.481. The van der Waals surface area contributed by atoms with E-state index in [1.165, 1.54) is 10.6 Å². The summed E-state index contributed by atoms with van der Waals surface area (Å²) in [6.45, 7) is 0.296. The van der Waals surface area contributed by atoms with E-state index in [2.05, 4.69) is 0 Å². The highest BCUT2D eigenvalue weighted by atomic mass is 32.1. The third-order valence-corrected chi connectivity index (χ3v) is 5.29. The Kier molecular flexibility index (Phi) is 5.52. The van der Waals surface area contributed by atoms with E-state index in [9.17, 15) is 14.4 Å². The topological polar surface area (TPSA) is 94.1 Å². The van der Waals surface area contributed by atoms with E-state index in [1.54, 1.807) is 7.05 Å². The van der Waals surface area contributed by atoms with Crippen LogP contribution >= 0.6 is 11.3 Å². The van der Waals surface area contributed by atoms with Crippen LogP contribution in [0.3, 0.4) is 0 Å². The molecule has 1 aromatic carbocycles. The van der Waals surface area contributed by atoms with Crippen LogP contribution in [0.1, 0.15) is 28.1 Å². The summed E-state index contributed by atoms with van der Waals surface area (Å²) < 4.78 is 7.75. The molecule has 0 unspecified atom stereocenters. The molecule has 0 spiro atoms. The van der Waals surface area contributed by atoms with Gasteiger partial charge in [0.15, 0.2) is 0 Å². The molecule has 0 bridgehead atoms. The van der Waals surface area contributed by atoms with Crippen LogP contribution in [0.4, 0.5) is 0 Å². The first-order valence-electron chi connectivity index (χ1n) is 8.34. The Hall–Kier alpha value is -3.18. The van der Waals surface area contributed by atoms with Crippen molar-refractivity contribution in [2.75, 3.05) is 0 Å². The molecule has 0 saturated carbocycles. The van der Waals surface area contributed by atoms with Crippen molar-refractivity contribution in [1.82, 2.24) is 9.13 Å². The summed E-state index contributed by atoms with van der Waals surface area (Å²) in [6.07, 6.45) is 0.668. The van der Waals surface area contributed by atoms with E-state index in [4.69, 9.17) is 10.00 Å². The summed E-state index contributed by atoms with van der Waals surface area (Å²) in [6, 6.07) is 12.7. The fraction of sp³-hybridized carbons (Fsp3) is 0.263. The molecule has 2 aromatic heterocycles. The normalized spacial score (nSPS) is 10.7. The predicted octanol–water partition coefficient (Wildman–Crippen LogP) is 2.42. The van der Waals surface area contributed by atoms with Gasteiger partial charge in [0, 0.05) is 20.0 Å². The number of carbonyl (C=O) groups is 1. The van der Waals surface area contributed by atoms with E-state index < -0.39 is 17.2 Å². The zero-order valence-corrected chi connectivity index (χ0v) is 15.5. The van der Waals surface area contributed by atoms with Crippen molar-refractivity contribution in [2.45, 2.75) is 26.0 Å². The number of nitriles is 1. The lowest BCUT2D eigenvalue weighted by atomic mass is 10.2. The van der Waals surface area contributed by atoms with Crippen molar-refractivity contribution in [3.8, 4) is 6.07 Å². The average molecular weight is 383 g/mol. The zero-order chi connectivity index (χ0) is 19.4. The molecule has 0 saturated heterocycles. The Labute approximate surface area is 158 Å². The third-order valence-electron chi connectivity index (χ3n) is 4.09. The summed E-state index contributed by atoms with van der Waals surface area (Å²) in [5, 5.41) is 8.93. The largest absolute Gasteiger partial charge is 0.457 e. The van der Waals surface area contributed by atoms with E-state index in [1.807, 2.05) is 36.4 Å². The van der Waals surface area contributed by atoms with E-state index in [0.717, 1.165) is 21.5 Å². The van der Waals surface area contributed by atoms with Crippen molar-refractivity contribution in [3.05, 3.63) is 67.7 Å². The number of rotatable bonds is 6. The maximum atomic E-state index is 12.6. The number of hydrogen-bond acceptors (Lipinski definition) is 6. The Morgan fingerprint density at radius 1 is 1.26 bits per heavy atom. The number of fused-ring (bicyclic) bond motifs is 1. The van der Waals surface area contributed by atoms with Crippen LogP contribution < -0.4 is 11.2 Å². The predicted molar refractivity (Wildman–Crippen MR) is 102 cm³/mol. The molecule has 0 fully saturated rings. The smallest absolute Gasteiger partial charge is 0.348 e. The minimum absolute atomic E-state index is 0.130. The van der Waals surface area contributed by atoms with Gasteiger partial charge >= 0.3 is 11.7 Å². The first kappa shape index (κ1) is 18.6. The van der Waals surface area contributed by atoms with Crippen LogP contribution in [-0.4, -0.2) is 15.1 Å². The van der Waals surface area contributed by atoms with Crippen molar-refractivity contribution < 1.29 is 9.53 Å². The second-order valence-corrected chi connectivity index (χ2v) is 6.98. The fourth-order valence-corrected chi connectivity index (χ4v) is 3.69. The van der Waals surface area contributed by atoms with Gasteiger partial charge in [0.1, 0.15) is 16.3 Å². The maximum Gasteiger partial charge on any atom is 0.348 e. The lowest BCUT2D eigenvalue weighted by Gasteiger charge is -2.06. The average Bonchev–Trinajstić information content (AvgIpc) is 3.14. The van der Waals surface area contributed by atoms with Crippen LogP contribution in [0.15, 0.2) is 46.0 Å². The molecule has 27 heavy (non-hydrogen) atoms. The molecule has 0 aliphatic heterocycles. The fourth-order valence-electron chi connectivity index (χ4n) is 2.69. The van der Waals surface area contributed by atoms with Gasteiger partial charge in [-0.15, -0.1) is 11.3 Å². The highest BCUT2D eigenvalue weighted by Gasteiger charge is 2.18. The monoisotopic (exact) mass is 383 g/mol. The molecule has 0 aliphatic rings. The number of thiophene rings is 1. The summed E-state index contributed by atoms with van der Waals surface area (Å²) in [5.41, 5.74) is -0.0555. The number of aromatic nitrogens is 2. The minimum atomic E-state index is -0.539. The van der Waals surface area contributed by atoms with Gasteiger partial charge in [0.2, 0.25) is 0 Å². The van der Waals surface area contributed by atoms with Crippen LogP contribution in [-0.2, 0) is 24.9 Å². The highest BCUT2D eigenvalue weighted by molar-refractivity contribution is 7.20. The van der Waals surface area contributed by atoms with E-state index >= 15 is 0 Å². The lowest BCUT2D eigenvalue weighted by molar-refractivity contribution is 0.0478. The van der Waals surface area contributed by atoms with Crippen molar-refractivity contribution in [3.63, 3.8) is 0 Å². The van der Waals surface area contributed by atoms with Gasteiger partial charge in [-0.1, -0.05) is 30.3 Å². The lowest BCUT2D eigenvalue weighted by Crippen LogP contribution is -2.38. The molecule has 3 rings (SSSR count). The van der Waals surface area contributed by atoms with Crippen LogP contribution in [0.2, 0.25) is 0 Å². The van der Waals surface area contributed by atoms with E-state index in [0.29, 0.717) is 16.6 Å². The van der Waals surface area contributed by atoms with Crippen molar-refractivity contribution in [1.29, 1.82) is 5.26 Å².